The molecule has 0 saturated heterocycles. The molecule has 0 spiro atoms. The molecule has 0 saturated carbocycles. The van der Waals surface area contributed by atoms with E-state index in [9.17, 15) is 4.39 Å². The van der Waals surface area contributed by atoms with Gasteiger partial charge in [-0.2, -0.15) is 0 Å². The highest BCUT2D eigenvalue weighted by Gasteiger charge is 2.02. The minimum absolute atomic E-state index is 0.222. The third-order valence-electron chi connectivity index (χ3n) is 3.50. The topological polar surface area (TPSA) is 40.2 Å². The Balaban J connectivity index is 1.64. The van der Waals surface area contributed by atoms with Crippen molar-refractivity contribution in [1.29, 1.82) is 0 Å². The Labute approximate surface area is 122 Å². The lowest BCUT2D eigenvalue weighted by Crippen LogP contribution is -2.07. The molecule has 0 aliphatic heterocycles. The van der Waals surface area contributed by atoms with E-state index in [1.54, 1.807) is 12.1 Å². The molecule has 1 aromatic heterocycles. The van der Waals surface area contributed by atoms with Crippen molar-refractivity contribution in [1.82, 2.24) is 4.57 Å². The van der Waals surface area contributed by atoms with E-state index >= 15 is 0 Å². The zero-order valence-corrected chi connectivity index (χ0v) is 11.6. The maximum Gasteiger partial charge on any atom is 0.125 e. The first-order valence-electron chi connectivity index (χ1n) is 6.92. The number of nitrogens with two attached hydrogens (primary N) is 1. The van der Waals surface area contributed by atoms with Gasteiger partial charge in [0.25, 0.3) is 0 Å². The van der Waals surface area contributed by atoms with Gasteiger partial charge in [-0.1, -0.05) is 12.1 Å². The molecule has 0 amide bonds. The molecule has 1 heterocycles. The third-order valence-corrected chi connectivity index (χ3v) is 3.50. The molecule has 0 bridgehead atoms. The number of nitrogens with zero attached hydrogens (tertiary/aromatic N) is 1. The standard InChI is InChI=1S/C17H17FN2O/c18-15-4-3-14-7-8-20(17(14)11-15)9-10-21-16-5-1-13(12-19)2-6-16/h1-8,11H,9-10,12,19H2. The van der Waals surface area contributed by atoms with Gasteiger partial charge in [0, 0.05) is 12.7 Å². The van der Waals surface area contributed by atoms with Gasteiger partial charge in [0.05, 0.1) is 12.1 Å². The average molecular weight is 284 g/mol. The lowest BCUT2D eigenvalue weighted by molar-refractivity contribution is 0.300. The van der Waals surface area contributed by atoms with Crippen molar-refractivity contribution in [3.8, 4) is 5.75 Å². The molecule has 3 aromatic rings. The third kappa shape index (κ3) is 3.06. The van der Waals surface area contributed by atoms with Crippen LogP contribution in [-0.2, 0) is 13.1 Å². The van der Waals surface area contributed by atoms with Gasteiger partial charge < -0.3 is 15.0 Å². The van der Waals surface area contributed by atoms with E-state index in [0.29, 0.717) is 19.7 Å². The molecule has 3 rings (SSSR count). The minimum Gasteiger partial charge on any atom is -0.492 e. The van der Waals surface area contributed by atoms with E-state index in [0.717, 1.165) is 22.2 Å². The van der Waals surface area contributed by atoms with Crippen LogP contribution in [0.2, 0.25) is 0 Å². The fraction of sp³-hybridized carbons (Fsp3) is 0.176. The predicted octanol–water partition coefficient (Wildman–Crippen LogP) is 3.32. The van der Waals surface area contributed by atoms with Crippen LogP contribution in [0.1, 0.15) is 5.56 Å². The molecule has 3 nitrogen and oxygen atoms in total. The van der Waals surface area contributed by atoms with Gasteiger partial charge in [0.2, 0.25) is 0 Å². The first-order chi connectivity index (χ1) is 10.3. The van der Waals surface area contributed by atoms with E-state index in [4.69, 9.17) is 10.5 Å². The monoisotopic (exact) mass is 284 g/mol. The maximum atomic E-state index is 13.3. The summed E-state index contributed by atoms with van der Waals surface area (Å²) in [6.45, 7) is 1.73. The summed E-state index contributed by atoms with van der Waals surface area (Å²) in [5.41, 5.74) is 7.52. The molecule has 2 N–H and O–H groups in total. The molecule has 108 valence electrons. The zero-order valence-electron chi connectivity index (χ0n) is 11.6. The highest BCUT2D eigenvalue weighted by atomic mass is 19.1. The Kier molecular flexibility index (Phi) is 3.88. The van der Waals surface area contributed by atoms with Gasteiger partial charge in [-0.15, -0.1) is 0 Å². The molecule has 0 fully saturated rings. The minimum atomic E-state index is -0.222. The first kappa shape index (κ1) is 13.6. The van der Waals surface area contributed by atoms with Gasteiger partial charge in [0.1, 0.15) is 18.2 Å². The van der Waals surface area contributed by atoms with Crippen LogP contribution in [0.4, 0.5) is 4.39 Å². The smallest absolute Gasteiger partial charge is 0.125 e. The largest absolute Gasteiger partial charge is 0.492 e. The van der Waals surface area contributed by atoms with Crippen LogP contribution in [0.5, 0.6) is 5.75 Å². The van der Waals surface area contributed by atoms with E-state index in [1.807, 2.05) is 41.1 Å². The molecular weight excluding hydrogens is 267 g/mol. The second kappa shape index (κ2) is 5.97. The van der Waals surface area contributed by atoms with Crippen LogP contribution in [0, 0.1) is 5.82 Å². The summed E-state index contributed by atoms with van der Waals surface area (Å²) in [6, 6.07) is 14.5. The number of benzene rings is 2. The van der Waals surface area contributed by atoms with Crippen molar-refractivity contribution in [3.63, 3.8) is 0 Å². The summed E-state index contributed by atoms with van der Waals surface area (Å²) < 4.78 is 21.0. The molecule has 0 unspecified atom stereocenters. The lowest BCUT2D eigenvalue weighted by atomic mass is 10.2. The summed E-state index contributed by atoms with van der Waals surface area (Å²) in [4.78, 5) is 0. The molecule has 21 heavy (non-hydrogen) atoms. The quantitative estimate of drug-likeness (QED) is 0.780. The number of rotatable bonds is 5. The van der Waals surface area contributed by atoms with Crippen molar-refractivity contribution < 1.29 is 9.13 Å². The van der Waals surface area contributed by atoms with Crippen molar-refractivity contribution in [2.75, 3.05) is 6.61 Å². The van der Waals surface area contributed by atoms with Crippen LogP contribution >= 0.6 is 0 Å². The summed E-state index contributed by atoms with van der Waals surface area (Å²) in [7, 11) is 0. The van der Waals surface area contributed by atoms with Crippen LogP contribution in [0.3, 0.4) is 0 Å². The predicted molar refractivity (Wildman–Crippen MR) is 81.7 cm³/mol. The Morgan fingerprint density at radius 2 is 1.86 bits per heavy atom. The molecular formula is C17H17FN2O. The van der Waals surface area contributed by atoms with Gasteiger partial charge in [-0.05, 0) is 47.3 Å². The number of halogens is 1. The van der Waals surface area contributed by atoms with Gasteiger partial charge >= 0.3 is 0 Å². The number of fused-ring (bicyclic) bond motifs is 1. The fourth-order valence-electron chi connectivity index (χ4n) is 2.34. The molecule has 0 aliphatic carbocycles. The second-order valence-electron chi connectivity index (χ2n) is 4.91. The van der Waals surface area contributed by atoms with E-state index in [1.165, 1.54) is 6.07 Å². The highest BCUT2D eigenvalue weighted by molar-refractivity contribution is 5.80. The van der Waals surface area contributed by atoms with E-state index in [-0.39, 0.29) is 5.82 Å². The molecule has 0 aliphatic rings. The normalized spacial score (nSPS) is 11.0. The van der Waals surface area contributed by atoms with Gasteiger partial charge in [-0.3, -0.25) is 0 Å². The fourth-order valence-corrected chi connectivity index (χ4v) is 2.34. The van der Waals surface area contributed by atoms with Crippen molar-refractivity contribution in [3.05, 3.63) is 66.1 Å². The summed E-state index contributed by atoms with van der Waals surface area (Å²) >= 11 is 0. The second-order valence-corrected chi connectivity index (χ2v) is 4.91. The Morgan fingerprint density at radius 3 is 2.62 bits per heavy atom. The van der Waals surface area contributed by atoms with Crippen molar-refractivity contribution in [2.24, 2.45) is 5.73 Å². The van der Waals surface area contributed by atoms with Crippen LogP contribution in [0.25, 0.3) is 10.9 Å². The Bertz CT molecular complexity index is 734. The van der Waals surface area contributed by atoms with Crippen LogP contribution in [0.15, 0.2) is 54.7 Å². The molecule has 2 aromatic carbocycles. The van der Waals surface area contributed by atoms with Gasteiger partial charge in [-0.25, -0.2) is 4.39 Å². The van der Waals surface area contributed by atoms with Crippen LogP contribution < -0.4 is 10.5 Å². The first-order valence-corrected chi connectivity index (χ1v) is 6.92. The van der Waals surface area contributed by atoms with Gasteiger partial charge in [0.15, 0.2) is 0 Å². The SMILES string of the molecule is NCc1ccc(OCCn2ccc3ccc(F)cc32)cc1. The van der Waals surface area contributed by atoms with Crippen molar-refractivity contribution >= 4 is 10.9 Å². The molecule has 4 heteroatoms. The molecule has 0 atom stereocenters. The number of aromatic nitrogens is 1. The summed E-state index contributed by atoms with van der Waals surface area (Å²) in [5, 5.41) is 1.03. The van der Waals surface area contributed by atoms with Crippen LogP contribution in [-0.4, -0.2) is 11.2 Å². The van der Waals surface area contributed by atoms with E-state index in [2.05, 4.69) is 0 Å². The molecule has 0 radical (unpaired) electrons. The summed E-state index contributed by atoms with van der Waals surface area (Å²) in [6.07, 6.45) is 1.95. The number of ether oxygens (including phenoxy) is 1. The van der Waals surface area contributed by atoms with Crippen molar-refractivity contribution in [2.45, 2.75) is 13.1 Å². The number of hydrogen-bond donors (Lipinski definition) is 1. The maximum absolute atomic E-state index is 13.3. The average Bonchev–Trinajstić information content (AvgIpc) is 2.90. The Morgan fingerprint density at radius 1 is 1.05 bits per heavy atom. The zero-order chi connectivity index (χ0) is 14.7. The lowest BCUT2D eigenvalue weighted by Gasteiger charge is -2.09. The van der Waals surface area contributed by atoms with E-state index < -0.39 is 0 Å². The number of hydrogen-bond acceptors (Lipinski definition) is 2. The Hall–Kier alpha value is -2.33. The highest BCUT2D eigenvalue weighted by Crippen LogP contribution is 2.17. The summed E-state index contributed by atoms with van der Waals surface area (Å²) in [5.74, 6) is 0.593.